The number of urea groups is 1. The number of fused-ring (bicyclic) bond motifs is 1. The molecule has 152 valence electrons. The lowest BCUT2D eigenvalue weighted by atomic mass is 9.81. The van der Waals surface area contributed by atoms with Gasteiger partial charge in [0.2, 0.25) is 0 Å². The van der Waals surface area contributed by atoms with Crippen molar-refractivity contribution < 1.29 is 19.4 Å². The minimum Gasteiger partial charge on any atom is -0.497 e. The Morgan fingerprint density at radius 2 is 2.11 bits per heavy atom. The van der Waals surface area contributed by atoms with Crippen molar-refractivity contribution in [3.8, 4) is 5.75 Å². The van der Waals surface area contributed by atoms with Crippen LogP contribution in [0, 0.1) is 11.3 Å². The van der Waals surface area contributed by atoms with Gasteiger partial charge >= 0.3 is 12.0 Å². The second kappa shape index (κ2) is 7.53. The van der Waals surface area contributed by atoms with Gasteiger partial charge in [-0.15, -0.1) is 0 Å². The van der Waals surface area contributed by atoms with Crippen LogP contribution >= 0.6 is 0 Å². The fourth-order valence-corrected chi connectivity index (χ4v) is 5.20. The molecule has 2 amide bonds. The van der Waals surface area contributed by atoms with E-state index < -0.39 is 11.4 Å². The van der Waals surface area contributed by atoms with Gasteiger partial charge in [0.25, 0.3) is 0 Å². The van der Waals surface area contributed by atoms with Crippen LogP contribution < -0.4 is 15.0 Å². The molecule has 3 aliphatic rings. The van der Waals surface area contributed by atoms with E-state index in [2.05, 4.69) is 16.3 Å². The average molecular weight is 387 g/mol. The largest absolute Gasteiger partial charge is 0.497 e. The number of anilines is 1. The van der Waals surface area contributed by atoms with Crippen LogP contribution in [-0.2, 0) is 4.79 Å². The number of nitrogens with one attached hydrogen (secondary N) is 1. The lowest BCUT2D eigenvalue weighted by Gasteiger charge is -2.35. The van der Waals surface area contributed by atoms with Gasteiger partial charge in [-0.25, -0.2) is 4.79 Å². The smallest absolute Gasteiger partial charge is 0.317 e. The minimum atomic E-state index is -0.743. The van der Waals surface area contributed by atoms with Crippen molar-refractivity contribution >= 4 is 17.7 Å². The lowest BCUT2D eigenvalue weighted by Crippen LogP contribution is -2.51. The van der Waals surface area contributed by atoms with Crippen LogP contribution in [0.1, 0.15) is 32.1 Å². The molecule has 1 saturated carbocycles. The van der Waals surface area contributed by atoms with Crippen LogP contribution in [0.25, 0.3) is 0 Å². The number of carbonyl (C=O) groups is 2. The highest BCUT2D eigenvalue weighted by atomic mass is 16.5. The number of nitrogens with zero attached hydrogens (tertiary/aromatic N) is 2. The number of likely N-dealkylation sites (tertiary alicyclic amines) is 1. The van der Waals surface area contributed by atoms with Crippen LogP contribution in [0.3, 0.4) is 0 Å². The van der Waals surface area contributed by atoms with Crippen LogP contribution in [0.5, 0.6) is 5.75 Å². The second-order valence-corrected chi connectivity index (χ2v) is 8.37. The summed E-state index contributed by atoms with van der Waals surface area (Å²) < 4.78 is 5.32. The van der Waals surface area contributed by atoms with Crippen molar-refractivity contribution in [3.63, 3.8) is 0 Å². The average Bonchev–Trinajstić information content (AvgIpc) is 3.27. The predicted octanol–water partition coefficient (Wildman–Crippen LogP) is 2.56. The van der Waals surface area contributed by atoms with Gasteiger partial charge in [-0.1, -0.05) is 12.5 Å². The molecule has 1 aromatic carbocycles. The van der Waals surface area contributed by atoms with Gasteiger partial charge in [0.05, 0.1) is 12.5 Å². The summed E-state index contributed by atoms with van der Waals surface area (Å²) in [5.41, 5.74) is 0.370. The molecular formula is C21H29N3O4. The molecule has 0 aromatic heterocycles. The fourth-order valence-electron chi connectivity index (χ4n) is 5.20. The summed E-state index contributed by atoms with van der Waals surface area (Å²) in [5, 5.41) is 12.9. The fraction of sp³-hybridized carbons (Fsp3) is 0.619. The van der Waals surface area contributed by atoms with Gasteiger partial charge < -0.3 is 25.0 Å². The molecule has 7 heteroatoms. The van der Waals surface area contributed by atoms with E-state index in [1.807, 2.05) is 18.2 Å². The van der Waals surface area contributed by atoms with E-state index in [4.69, 9.17) is 4.74 Å². The number of hydrogen-bond donors (Lipinski definition) is 2. The topological polar surface area (TPSA) is 82.1 Å². The summed E-state index contributed by atoms with van der Waals surface area (Å²) in [4.78, 5) is 28.7. The number of rotatable bonds is 4. The number of benzene rings is 1. The van der Waals surface area contributed by atoms with Crippen molar-refractivity contribution in [3.05, 3.63) is 24.3 Å². The zero-order chi connectivity index (χ0) is 19.7. The molecule has 28 heavy (non-hydrogen) atoms. The molecule has 4 rings (SSSR count). The van der Waals surface area contributed by atoms with Crippen LogP contribution in [0.15, 0.2) is 24.3 Å². The molecule has 2 N–H and O–H groups in total. The van der Waals surface area contributed by atoms with E-state index in [0.29, 0.717) is 19.5 Å². The van der Waals surface area contributed by atoms with Crippen molar-refractivity contribution in [2.75, 3.05) is 38.2 Å². The predicted molar refractivity (Wildman–Crippen MR) is 106 cm³/mol. The van der Waals surface area contributed by atoms with Crippen molar-refractivity contribution in [1.82, 2.24) is 10.2 Å². The lowest BCUT2D eigenvalue weighted by molar-refractivity contribution is -0.149. The SMILES string of the molecule is COc1cccc(N2CCCC(NC(=O)N3C[C@@H]4CCC[C@@]4(C(=O)O)C3)C2)c1. The molecule has 2 saturated heterocycles. The van der Waals surface area contributed by atoms with E-state index in [1.165, 1.54) is 0 Å². The molecule has 0 bridgehead atoms. The molecule has 2 heterocycles. The Morgan fingerprint density at radius 3 is 2.86 bits per heavy atom. The van der Waals surface area contributed by atoms with E-state index in [0.717, 1.165) is 50.2 Å². The van der Waals surface area contributed by atoms with Crippen molar-refractivity contribution in [2.45, 2.75) is 38.1 Å². The summed E-state index contributed by atoms with van der Waals surface area (Å²) in [6.45, 7) is 2.60. The van der Waals surface area contributed by atoms with Gasteiger partial charge in [-0.05, 0) is 43.7 Å². The molecule has 3 atom stereocenters. The number of piperidine rings is 1. The van der Waals surface area contributed by atoms with E-state index in [9.17, 15) is 14.7 Å². The van der Waals surface area contributed by atoms with Gasteiger partial charge in [0.15, 0.2) is 0 Å². The summed E-state index contributed by atoms with van der Waals surface area (Å²) >= 11 is 0. The maximum Gasteiger partial charge on any atom is 0.317 e. The summed E-state index contributed by atoms with van der Waals surface area (Å²) in [7, 11) is 1.66. The first-order valence-corrected chi connectivity index (χ1v) is 10.2. The maximum absolute atomic E-state index is 12.8. The number of ether oxygens (including phenoxy) is 1. The number of carboxylic acid groups (broad SMARTS) is 1. The molecule has 0 radical (unpaired) electrons. The van der Waals surface area contributed by atoms with Gasteiger partial charge in [-0.3, -0.25) is 4.79 Å². The first-order chi connectivity index (χ1) is 13.5. The van der Waals surface area contributed by atoms with Crippen LogP contribution in [0.4, 0.5) is 10.5 Å². The van der Waals surface area contributed by atoms with Gasteiger partial charge in [0.1, 0.15) is 5.75 Å². The molecule has 1 unspecified atom stereocenters. The number of methoxy groups -OCH3 is 1. The monoisotopic (exact) mass is 387 g/mol. The number of amides is 2. The summed E-state index contributed by atoms with van der Waals surface area (Å²) in [6.07, 6.45) is 4.48. The minimum absolute atomic E-state index is 0.0636. The highest BCUT2D eigenvalue weighted by molar-refractivity contribution is 5.80. The van der Waals surface area contributed by atoms with E-state index >= 15 is 0 Å². The third-order valence-corrected chi connectivity index (χ3v) is 6.75. The standard InChI is InChI=1S/C21H29N3O4/c1-28-18-8-2-7-17(11-18)23-10-4-6-16(13-23)22-20(27)24-12-15-5-3-9-21(15,14-24)19(25)26/h2,7-8,11,15-16H,3-6,9-10,12-14H2,1H3,(H,22,27)(H,25,26)/t15-,16?,21+/m0/s1. The summed E-state index contributed by atoms with van der Waals surface area (Å²) in [5.74, 6) is 0.175. The van der Waals surface area contributed by atoms with Crippen LogP contribution in [-0.4, -0.2) is 61.3 Å². The Hall–Kier alpha value is -2.44. The Labute approximate surface area is 165 Å². The second-order valence-electron chi connectivity index (χ2n) is 8.37. The molecule has 1 aliphatic carbocycles. The number of aliphatic carboxylic acids is 1. The molecule has 7 nitrogen and oxygen atoms in total. The van der Waals surface area contributed by atoms with Crippen LogP contribution in [0.2, 0.25) is 0 Å². The molecule has 3 fully saturated rings. The third-order valence-electron chi connectivity index (χ3n) is 6.75. The quantitative estimate of drug-likeness (QED) is 0.830. The Balaban J connectivity index is 1.38. The van der Waals surface area contributed by atoms with E-state index in [1.54, 1.807) is 12.0 Å². The molecule has 2 aliphatic heterocycles. The highest BCUT2D eigenvalue weighted by Gasteiger charge is 2.55. The zero-order valence-electron chi connectivity index (χ0n) is 16.4. The number of hydrogen-bond acceptors (Lipinski definition) is 4. The molecular weight excluding hydrogens is 358 g/mol. The van der Waals surface area contributed by atoms with Gasteiger partial charge in [0, 0.05) is 44.0 Å². The third kappa shape index (κ3) is 3.38. The Kier molecular flexibility index (Phi) is 5.08. The number of carbonyl (C=O) groups excluding carboxylic acids is 1. The molecule has 0 spiro atoms. The normalized spacial score (nSPS) is 29.5. The molecule has 1 aromatic rings. The van der Waals surface area contributed by atoms with Crippen molar-refractivity contribution in [1.29, 1.82) is 0 Å². The van der Waals surface area contributed by atoms with Gasteiger partial charge in [-0.2, -0.15) is 0 Å². The maximum atomic E-state index is 12.8. The van der Waals surface area contributed by atoms with Crippen molar-refractivity contribution in [2.24, 2.45) is 11.3 Å². The highest BCUT2D eigenvalue weighted by Crippen LogP contribution is 2.48. The Morgan fingerprint density at radius 1 is 1.25 bits per heavy atom. The number of carboxylic acids is 1. The first-order valence-electron chi connectivity index (χ1n) is 10.2. The summed E-state index contributed by atoms with van der Waals surface area (Å²) in [6, 6.07) is 7.93. The zero-order valence-corrected chi connectivity index (χ0v) is 16.4. The van der Waals surface area contributed by atoms with E-state index in [-0.39, 0.29) is 18.0 Å². The Bertz CT molecular complexity index is 755. The first kappa shape index (κ1) is 18.9.